The molecule has 2 fully saturated rings. The van der Waals surface area contributed by atoms with Crippen LogP contribution in [0.4, 0.5) is 0 Å². The molecule has 1 aromatic heterocycles. The van der Waals surface area contributed by atoms with Crippen molar-refractivity contribution in [3.05, 3.63) is 35.9 Å². The van der Waals surface area contributed by atoms with Gasteiger partial charge in [-0.25, -0.2) is 0 Å². The summed E-state index contributed by atoms with van der Waals surface area (Å²) >= 11 is 0. The van der Waals surface area contributed by atoms with Crippen molar-refractivity contribution in [2.24, 2.45) is 16.7 Å². The van der Waals surface area contributed by atoms with Crippen molar-refractivity contribution in [1.29, 1.82) is 0 Å². The lowest BCUT2D eigenvalue weighted by Crippen LogP contribution is -2.61. The molecular formula is C26H36N2O6. The molecule has 2 amide bonds. The van der Waals surface area contributed by atoms with E-state index in [4.69, 9.17) is 13.9 Å². The monoisotopic (exact) mass is 472 g/mol. The smallest absolute Gasteiger partial charge is 0.320 e. The molecule has 0 saturated carbocycles. The largest absolute Gasteiger partial charge is 0.468 e. The van der Waals surface area contributed by atoms with Crippen LogP contribution in [0.5, 0.6) is 0 Å². The average molecular weight is 473 g/mol. The minimum absolute atomic E-state index is 0.0433. The molecule has 0 bridgehead atoms. The molecule has 4 rings (SSSR count). The number of furan rings is 1. The highest BCUT2D eigenvalue weighted by Gasteiger charge is 2.60. The Morgan fingerprint density at radius 1 is 1.24 bits per heavy atom. The molecule has 0 spiro atoms. The molecule has 0 unspecified atom stereocenters. The van der Waals surface area contributed by atoms with Crippen LogP contribution in [0.15, 0.2) is 34.6 Å². The van der Waals surface area contributed by atoms with Crippen LogP contribution < -0.4 is 0 Å². The molecule has 186 valence electrons. The summed E-state index contributed by atoms with van der Waals surface area (Å²) < 4.78 is 17.2. The number of fused-ring (bicyclic) bond motifs is 1. The highest BCUT2D eigenvalue weighted by molar-refractivity contribution is 5.92. The first kappa shape index (κ1) is 24.5. The first-order chi connectivity index (χ1) is 16.1. The number of ether oxygens (including phenoxy) is 2. The fraction of sp³-hybridized carbons (Fsp3) is 0.654. The Morgan fingerprint density at radius 3 is 2.53 bits per heavy atom. The van der Waals surface area contributed by atoms with Gasteiger partial charge in [-0.05, 0) is 49.8 Å². The van der Waals surface area contributed by atoms with E-state index in [0.29, 0.717) is 11.5 Å². The van der Waals surface area contributed by atoms with E-state index in [-0.39, 0.29) is 42.7 Å². The normalized spacial score (nSPS) is 29.6. The molecule has 0 N–H and O–H groups in total. The maximum absolute atomic E-state index is 13.9. The van der Waals surface area contributed by atoms with E-state index in [1.807, 2.05) is 17.9 Å². The van der Waals surface area contributed by atoms with Gasteiger partial charge in [0.2, 0.25) is 11.8 Å². The number of carbonyl (C=O) groups excluding carboxylic acids is 3. The molecular weight excluding hydrogens is 436 g/mol. The summed E-state index contributed by atoms with van der Waals surface area (Å²) in [5.74, 6) is -0.716. The number of hydrogen-bond donors (Lipinski definition) is 0. The summed E-state index contributed by atoms with van der Waals surface area (Å²) in [6.07, 6.45) is 4.82. The van der Waals surface area contributed by atoms with Gasteiger partial charge in [0.25, 0.3) is 0 Å². The van der Waals surface area contributed by atoms with E-state index in [1.54, 1.807) is 23.3 Å². The lowest BCUT2D eigenvalue weighted by Gasteiger charge is -2.52. The standard InChI is InChI=1S/C26H36N2O6/c1-17-26(24(31)32-5)15-18(13-22(29)27-10-6-7-11-27)23(30)28(16-19-9-8-12-33-19)20(26)14-21(34-17)25(2,3)4/h8-9,12,14,17-18,21H,6-7,10-11,13,15-16H2,1-5H3/t17-,18+,21-,26+/m1/s1. The number of methoxy groups -OCH3 is 1. The number of hydrogen-bond acceptors (Lipinski definition) is 6. The third-order valence-corrected chi connectivity index (χ3v) is 7.46. The molecule has 1 aromatic rings. The second-order valence-corrected chi connectivity index (χ2v) is 10.8. The van der Waals surface area contributed by atoms with Crippen LogP contribution in [0.3, 0.4) is 0 Å². The molecule has 34 heavy (non-hydrogen) atoms. The van der Waals surface area contributed by atoms with E-state index >= 15 is 0 Å². The van der Waals surface area contributed by atoms with Gasteiger partial charge in [-0.1, -0.05) is 20.8 Å². The Hall–Kier alpha value is -2.61. The zero-order valence-electron chi connectivity index (χ0n) is 20.8. The number of amides is 2. The van der Waals surface area contributed by atoms with Crippen LogP contribution in [0, 0.1) is 16.7 Å². The van der Waals surface area contributed by atoms with E-state index < -0.39 is 23.4 Å². The highest BCUT2D eigenvalue weighted by atomic mass is 16.5. The summed E-state index contributed by atoms with van der Waals surface area (Å²) in [6, 6.07) is 3.57. The van der Waals surface area contributed by atoms with Crippen LogP contribution in [0.25, 0.3) is 0 Å². The van der Waals surface area contributed by atoms with E-state index in [2.05, 4.69) is 20.8 Å². The van der Waals surface area contributed by atoms with E-state index in [9.17, 15) is 14.4 Å². The third kappa shape index (κ3) is 4.28. The topological polar surface area (TPSA) is 89.3 Å². The summed E-state index contributed by atoms with van der Waals surface area (Å²) in [5.41, 5.74) is -0.845. The fourth-order valence-corrected chi connectivity index (χ4v) is 5.47. The van der Waals surface area contributed by atoms with Gasteiger partial charge in [0.05, 0.1) is 32.1 Å². The molecule has 8 nitrogen and oxygen atoms in total. The first-order valence-electron chi connectivity index (χ1n) is 12.2. The molecule has 0 aromatic carbocycles. The van der Waals surface area contributed by atoms with E-state index in [0.717, 1.165) is 25.9 Å². The number of likely N-dealkylation sites (tertiary alicyclic amines) is 2. The van der Waals surface area contributed by atoms with Gasteiger partial charge in [-0.3, -0.25) is 14.4 Å². The molecule has 4 heterocycles. The minimum Gasteiger partial charge on any atom is -0.468 e. The van der Waals surface area contributed by atoms with Gasteiger partial charge in [-0.2, -0.15) is 0 Å². The summed E-state index contributed by atoms with van der Waals surface area (Å²) in [7, 11) is 1.36. The Labute approximate surface area is 201 Å². The number of nitrogens with zero attached hydrogens (tertiary/aromatic N) is 2. The summed E-state index contributed by atoms with van der Waals surface area (Å²) in [4.78, 5) is 43.8. The average Bonchev–Trinajstić information content (AvgIpc) is 3.50. The molecule has 3 aliphatic heterocycles. The van der Waals surface area contributed by atoms with Gasteiger partial charge in [0.1, 0.15) is 11.2 Å². The quantitative estimate of drug-likeness (QED) is 0.609. The van der Waals surface area contributed by atoms with Crippen molar-refractivity contribution in [2.45, 2.75) is 72.1 Å². The van der Waals surface area contributed by atoms with Gasteiger partial charge in [0.15, 0.2) is 0 Å². The summed E-state index contributed by atoms with van der Waals surface area (Å²) in [5, 5.41) is 0. The first-order valence-corrected chi connectivity index (χ1v) is 12.2. The lowest BCUT2D eigenvalue weighted by atomic mass is 9.65. The Bertz CT molecular complexity index is 956. The highest BCUT2D eigenvalue weighted by Crippen LogP contribution is 2.52. The van der Waals surface area contributed by atoms with Crippen molar-refractivity contribution in [2.75, 3.05) is 20.2 Å². The molecule has 8 heteroatoms. The van der Waals surface area contributed by atoms with Crippen LogP contribution >= 0.6 is 0 Å². The maximum atomic E-state index is 13.9. The van der Waals surface area contributed by atoms with Gasteiger partial charge in [-0.15, -0.1) is 0 Å². The van der Waals surface area contributed by atoms with Crippen molar-refractivity contribution >= 4 is 17.8 Å². The number of piperidine rings is 1. The Morgan fingerprint density at radius 2 is 1.94 bits per heavy atom. The molecule has 2 saturated heterocycles. The summed E-state index contributed by atoms with van der Waals surface area (Å²) in [6.45, 7) is 9.66. The van der Waals surface area contributed by atoms with Crippen molar-refractivity contribution < 1.29 is 28.3 Å². The van der Waals surface area contributed by atoms with Gasteiger partial charge < -0.3 is 23.7 Å². The molecule has 3 aliphatic rings. The fourth-order valence-electron chi connectivity index (χ4n) is 5.47. The van der Waals surface area contributed by atoms with Crippen LogP contribution in [0.2, 0.25) is 0 Å². The Balaban J connectivity index is 1.78. The minimum atomic E-state index is -1.19. The SMILES string of the molecule is COC(=O)[C@]12C[C@H](CC(=O)N3CCCC3)C(=O)N(Cc3ccco3)C1=C[C@H](C(C)(C)C)O[C@@H]2C. The molecule has 4 atom stereocenters. The maximum Gasteiger partial charge on any atom is 0.320 e. The lowest BCUT2D eigenvalue weighted by molar-refractivity contribution is -0.180. The molecule has 0 radical (unpaired) electrons. The van der Waals surface area contributed by atoms with E-state index in [1.165, 1.54) is 7.11 Å². The Kier molecular flexibility index (Phi) is 6.64. The second-order valence-electron chi connectivity index (χ2n) is 10.8. The number of esters is 1. The van der Waals surface area contributed by atoms with Crippen LogP contribution in [0.1, 0.15) is 59.1 Å². The number of rotatable bonds is 5. The second kappa shape index (κ2) is 9.21. The predicted molar refractivity (Wildman–Crippen MR) is 124 cm³/mol. The van der Waals surface area contributed by atoms with Gasteiger partial charge in [0, 0.05) is 31.1 Å². The van der Waals surface area contributed by atoms with Crippen LogP contribution in [-0.4, -0.2) is 60.0 Å². The zero-order chi connectivity index (χ0) is 24.7. The van der Waals surface area contributed by atoms with Crippen molar-refractivity contribution in [3.63, 3.8) is 0 Å². The molecule has 0 aliphatic carbocycles. The van der Waals surface area contributed by atoms with Gasteiger partial charge >= 0.3 is 5.97 Å². The van der Waals surface area contributed by atoms with Crippen LogP contribution in [-0.2, 0) is 30.4 Å². The van der Waals surface area contributed by atoms with Crippen molar-refractivity contribution in [3.8, 4) is 0 Å². The number of carbonyl (C=O) groups is 3. The zero-order valence-corrected chi connectivity index (χ0v) is 20.8. The van der Waals surface area contributed by atoms with Crippen molar-refractivity contribution in [1.82, 2.24) is 9.80 Å². The predicted octanol–water partition coefficient (Wildman–Crippen LogP) is 3.52. The third-order valence-electron chi connectivity index (χ3n) is 7.46.